The number of rotatable bonds is 2. The number of fused-ring (bicyclic) bond motifs is 2. The van der Waals surface area contributed by atoms with Crippen LogP contribution in [0.5, 0.6) is 0 Å². The van der Waals surface area contributed by atoms with Gasteiger partial charge < -0.3 is 9.47 Å². The van der Waals surface area contributed by atoms with E-state index in [9.17, 15) is 35.1 Å². The molecule has 0 unspecified atom stereocenters. The molecule has 0 radical (unpaired) electrons. The van der Waals surface area contributed by atoms with Gasteiger partial charge in [-0.15, -0.1) is 0 Å². The van der Waals surface area contributed by atoms with Gasteiger partial charge in [-0.05, 0) is 35.4 Å². The quantitative estimate of drug-likeness (QED) is 0.389. The zero-order valence-corrected chi connectivity index (χ0v) is 15.4. The maximum atomic E-state index is 15.0. The highest BCUT2D eigenvalue weighted by atomic mass is 32.2. The van der Waals surface area contributed by atoms with Crippen LogP contribution in [0, 0.1) is 0 Å². The van der Waals surface area contributed by atoms with Crippen molar-refractivity contribution in [1.82, 2.24) is 0 Å². The Labute approximate surface area is 164 Å². The lowest BCUT2D eigenvalue weighted by Gasteiger charge is -2.31. The zero-order valence-electron chi connectivity index (χ0n) is 14.6. The van der Waals surface area contributed by atoms with Crippen LogP contribution in [0.1, 0.15) is 42.1 Å². The number of benzene rings is 1. The Balaban J connectivity index is 1.93. The molecule has 0 amide bonds. The highest BCUT2D eigenvalue weighted by Gasteiger charge is 2.72. The Kier molecular flexibility index (Phi) is 4.75. The van der Waals surface area contributed by atoms with E-state index in [4.69, 9.17) is 9.47 Å². The van der Waals surface area contributed by atoms with E-state index in [2.05, 4.69) is 0 Å². The Morgan fingerprint density at radius 2 is 1.69 bits per heavy atom. The molecular formula is C18H14F8O2S. The SMILES string of the molecule is F[C@@H]1c2c(C3=CCC(F)(F)CC3)ccc(SC(F)(F)F)c2C2(OCCO2)C1(F)F. The summed E-state index contributed by atoms with van der Waals surface area (Å²) in [5.41, 5.74) is -6.17. The minimum Gasteiger partial charge on any atom is -0.339 e. The molecule has 2 aliphatic carbocycles. The highest BCUT2D eigenvalue weighted by molar-refractivity contribution is 8.00. The summed E-state index contributed by atoms with van der Waals surface area (Å²) in [4.78, 5) is -0.667. The maximum absolute atomic E-state index is 15.0. The molecule has 1 fully saturated rings. The van der Waals surface area contributed by atoms with E-state index in [1.165, 1.54) is 0 Å². The Bertz CT molecular complexity index is 858. The standard InChI is InChI=1S/C18H14F8O2S/c19-14-12-10(9-3-5-15(20,21)6-4-9)1-2-11(29-18(24,25)26)13(12)17(16(14,22)23)27-7-8-28-17/h1-3,14H,4-8H2/t14-/m1/s1. The van der Waals surface area contributed by atoms with Gasteiger partial charge >= 0.3 is 11.4 Å². The van der Waals surface area contributed by atoms with Crippen LogP contribution in [-0.2, 0) is 15.3 Å². The molecule has 1 heterocycles. The van der Waals surface area contributed by atoms with E-state index in [1.54, 1.807) is 0 Å². The number of allylic oxidation sites excluding steroid dienone is 2. The van der Waals surface area contributed by atoms with Crippen molar-refractivity contribution in [3.8, 4) is 0 Å². The van der Waals surface area contributed by atoms with Crippen LogP contribution in [0.2, 0.25) is 0 Å². The monoisotopic (exact) mass is 446 g/mol. The molecule has 11 heteroatoms. The molecule has 1 atom stereocenters. The third-order valence-corrected chi connectivity index (χ3v) is 6.01. The van der Waals surface area contributed by atoms with Gasteiger partial charge in [0.25, 0.3) is 11.7 Å². The normalized spacial score (nSPS) is 27.2. The molecule has 0 saturated carbocycles. The van der Waals surface area contributed by atoms with Crippen molar-refractivity contribution in [2.24, 2.45) is 0 Å². The number of ether oxygens (including phenoxy) is 2. The van der Waals surface area contributed by atoms with Gasteiger partial charge in [0, 0.05) is 28.9 Å². The topological polar surface area (TPSA) is 18.5 Å². The minimum absolute atomic E-state index is 0.120. The third kappa shape index (κ3) is 3.25. The van der Waals surface area contributed by atoms with Crippen LogP contribution in [0.3, 0.4) is 0 Å². The van der Waals surface area contributed by atoms with Crippen LogP contribution in [-0.4, -0.2) is 30.6 Å². The molecule has 4 rings (SSSR count). The first kappa shape index (κ1) is 20.9. The lowest BCUT2D eigenvalue weighted by molar-refractivity contribution is -0.308. The average molecular weight is 446 g/mol. The molecule has 1 aliphatic heterocycles. The van der Waals surface area contributed by atoms with Crippen molar-refractivity contribution in [3.63, 3.8) is 0 Å². The molecular weight excluding hydrogens is 432 g/mol. The van der Waals surface area contributed by atoms with Gasteiger partial charge in [0.15, 0.2) is 6.17 Å². The van der Waals surface area contributed by atoms with E-state index in [-0.39, 0.29) is 30.8 Å². The van der Waals surface area contributed by atoms with E-state index >= 15 is 0 Å². The van der Waals surface area contributed by atoms with E-state index < -0.39 is 69.9 Å². The molecule has 1 aromatic rings. The number of hydrogen-bond acceptors (Lipinski definition) is 3. The first-order chi connectivity index (χ1) is 13.4. The van der Waals surface area contributed by atoms with Crippen molar-refractivity contribution in [3.05, 3.63) is 34.9 Å². The van der Waals surface area contributed by atoms with Crippen molar-refractivity contribution in [2.45, 2.75) is 53.5 Å². The van der Waals surface area contributed by atoms with Crippen LogP contribution >= 0.6 is 11.8 Å². The maximum Gasteiger partial charge on any atom is 0.446 e. The van der Waals surface area contributed by atoms with Crippen molar-refractivity contribution in [2.75, 3.05) is 13.2 Å². The summed E-state index contributed by atoms with van der Waals surface area (Å²) >= 11 is -0.675. The molecule has 1 saturated heterocycles. The Morgan fingerprint density at radius 3 is 2.24 bits per heavy atom. The van der Waals surface area contributed by atoms with Crippen molar-refractivity contribution in [1.29, 1.82) is 0 Å². The molecule has 1 aromatic carbocycles. The molecule has 0 N–H and O–H groups in total. The first-order valence-electron chi connectivity index (χ1n) is 8.68. The van der Waals surface area contributed by atoms with Crippen LogP contribution in [0.4, 0.5) is 35.1 Å². The highest BCUT2D eigenvalue weighted by Crippen LogP contribution is 2.64. The predicted molar refractivity (Wildman–Crippen MR) is 87.5 cm³/mol. The minimum atomic E-state index is -4.83. The summed E-state index contributed by atoms with van der Waals surface area (Å²) in [5.74, 6) is -10.2. The first-order valence-corrected chi connectivity index (χ1v) is 9.50. The smallest absolute Gasteiger partial charge is 0.339 e. The largest absolute Gasteiger partial charge is 0.446 e. The van der Waals surface area contributed by atoms with E-state index in [0.717, 1.165) is 18.2 Å². The summed E-state index contributed by atoms with van der Waals surface area (Å²) in [7, 11) is 0. The fourth-order valence-corrected chi connectivity index (χ4v) is 4.73. The second-order valence-corrected chi connectivity index (χ2v) is 8.14. The lowest BCUT2D eigenvalue weighted by atomic mass is 9.87. The summed E-state index contributed by atoms with van der Waals surface area (Å²) in [6.45, 7) is -0.700. The lowest BCUT2D eigenvalue weighted by Crippen LogP contribution is -2.44. The number of hydrogen-bond donors (Lipinski definition) is 0. The van der Waals surface area contributed by atoms with Gasteiger partial charge in [0.05, 0.1) is 13.2 Å². The number of halogens is 8. The molecule has 3 aliphatic rings. The second kappa shape index (κ2) is 6.58. The van der Waals surface area contributed by atoms with Crippen LogP contribution in [0.15, 0.2) is 23.1 Å². The van der Waals surface area contributed by atoms with E-state index in [0.29, 0.717) is 0 Å². The predicted octanol–water partition coefficient (Wildman–Crippen LogP) is 6.36. The Morgan fingerprint density at radius 1 is 1.03 bits per heavy atom. The van der Waals surface area contributed by atoms with Gasteiger partial charge in [-0.25, -0.2) is 13.2 Å². The number of thioether (sulfide) groups is 1. The van der Waals surface area contributed by atoms with Gasteiger partial charge in [-0.1, -0.05) is 12.1 Å². The molecule has 0 bridgehead atoms. The zero-order chi connectivity index (χ0) is 21.2. The van der Waals surface area contributed by atoms with Crippen molar-refractivity contribution < 1.29 is 44.6 Å². The van der Waals surface area contributed by atoms with Crippen LogP contribution in [0.25, 0.3) is 5.57 Å². The van der Waals surface area contributed by atoms with E-state index in [1.807, 2.05) is 0 Å². The molecule has 1 spiro atoms. The Hall–Kier alpha value is -1.33. The fraction of sp³-hybridized carbons (Fsp3) is 0.556. The molecule has 160 valence electrons. The third-order valence-electron chi connectivity index (χ3n) is 5.22. The second-order valence-electron chi connectivity index (χ2n) is 7.04. The molecule has 29 heavy (non-hydrogen) atoms. The number of alkyl halides is 8. The fourth-order valence-electron chi connectivity index (χ4n) is 3.99. The van der Waals surface area contributed by atoms with Crippen LogP contribution < -0.4 is 0 Å². The summed E-state index contributed by atoms with van der Waals surface area (Å²) < 4.78 is 121. The van der Waals surface area contributed by atoms with Gasteiger partial charge in [0.1, 0.15) is 0 Å². The average Bonchev–Trinajstić information content (AvgIpc) is 3.16. The summed E-state index contributed by atoms with van der Waals surface area (Å²) in [5, 5.41) is 0. The molecule has 0 aromatic heterocycles. The van der Waals surface area contributed by atoms with Gasteiger partial charge in [-0.3, -0.25) is 0 Å². The van der Waals surface area contributed by atoms with Gasteiger partial charge in [-0.2, -0.15) is 22.0 Å². The summed E-state index contributed by atoms with van der Waals surface area (Å²) in [6.07, 6.45) is -3.36. The van der Waals surface area contributed by atoms with Gasteiger partial charge in [0.2, 0.25) is 0 Å². The van der Waals surface area contributed by atoms with Crippen molar-refractivity contribution >= 4 is 17.3 Å². The molecule has 2 nitrogen and oxygen atoms in total. The summed E-state index contributed by atoms with van der Waals surface area (Å²) in [6, 6.07) is 2.00.